The highest BCUT2D eigenvalue weighted by Gasteiger charge is 2.31. The number of para-hydroxylation sites is 2. The van der Waals surface area contributed by atoms with Crippen LogP contribution in [0.3, 0.4) is 0 Å². The van der Waals surface area contributed by atoms with Gasteiger partial charge in [0, 0.05) is 10.8 Å². The molecule has 0 N–H and O–H groups in total. The summed E-state index contributed by atoms with van der Waals surface area (Å²) in [7, 11) is -3.83. The van der Waals surface area contributed by atoms with E-state index in [4.69, 9.17) is 4.74 Å². The number of benzene rings is 3. The number of rotatable bonds is 2. The van der Waals surface area contributed by atoms with Gasteiger partial charge in [0.25, 0.3) is 10.0 Å². The van der Waals surface area contributed by atoms with E-state index in [1.54, 1.807) is 48.5 Å². The maximum atomic E-state index is 14.0. The molecule has 1 heterocycles. The predicted molar refractivity (Wildman–Crippen MR) is 90.4 cm³/mol. The van der Waals surface area contributed by atoms with Crippen LogP contribution in [0.1, 0.15) is 0 Å². The highest BCUT2D eigenvalue weighted by atomic mass is 32.2. The monoisotopic (exact) mass is 343 g/mol. The molecule has 1 aliphatic rings. The minimum atomic E-state index is -3.83. The molecule has 4 nitrogen and oxygen atoms in total. The molecule has 4 rings (SSSR count). The number of hydrogen-bond donors (Lipinski definition) is 0. The van der Waals surface area contributed by atoms with Gasteiger partial charge in [-0.25, -0.2) is 12.8 Å². The number of fused-ring (bicyclic) bond motifs is 2. The normalized spacial score (nSPS) is 14.3. The minimum absolute atomic E-state index is 0.0937. The molecule has 0 saturated heterocycles. The van der Waals surface area contributed by atoms with Gasteiger partial charge in [0.1, 0.15) is 18.2 Å². The quantitative estimate of drug-likeness (QED) is 0.715. The van der Waals surface area contributed by atoms with Crippen molar-refractivity contribution in [2.75, 3.05) is 17.5 Å². The van der Waals surface area contributed by atoms with Gasteiger partial charge in [0.2, 0.25) is 0 Å². The number of halogens is 1. The lowest BCUT2D eigenvalue weighted by Gasteiger charge is -2.30. The Bertz CT molecular complexity index is 1030. The topological polar surface area (TPSA) is 46.6 Å². The summed E-state index contributed by atoms with van der Waals surface area (Å²) in [5.41, 5.74) is 0.497. The van der Waals surface area contributed by atoms with Crippen LogP contribution in [0.25, 0.3) is 10.8 Å². The third kappa shape index (κ3) is 2.22. The fourth-order valence-corrected chi connectivity index (χ4v) is 4.63. The summed E-state index contributed by atoms with van der Waals surface area (Å²) in [5.74, 6) is 0.0886. The lowest BCUT2D eigenvalue weighted by molar-refractivity contribution is 0.316. The van der Waals surface area contributed by atoms with Gasteiger partial charge in [0.05, 0.1) is 17.1 Å². The van der Waals surface area contributed by atoms with E-state index in [9.17, 15) is 12.8 Å². The number of hydrogen-bond acceptors (Lipinski definition) is 3. The Morgan fingerprint density at radius 2 is 1.62 bits per heavy atom. The van der Waals surface area contributed by atoms with Crippen LogP contribution in [0.15, 0.2) is 65.6 Å². The fourth-order valence-electron chi connectivity index (χ4n) is 2.97. The first-order valence-corrected chi connectivity index (χ1v) is 8.95. The second-order valence-corrected chi connectivity index (χ2v) is 7.32. The molecule has 0 bridgehead atoms. The number of anilines is 1. The van der Waals surface area contributed by atoms with Gasteiger partial charge in [-0.2, -0.15) is 0 Å². The van der Waals surface area contributed by atoms with Crippen LogP contribution in [-0.4, -0.2) is 21.6 Å². The molecule has 0 aliphatic carbocycles. The van der Waals surface area contributed by atoms with Crippen molar-refractivity contribution in [1.29, 1.82) is 0 Å². The molecule has 0 spiro atoms. The van der Waals surface area contributed by atoms with E-state index in [0.29, 0.717) is 22.2 Å². The van der Waals surface area contributed by atoms with Gasteiger partial charge in [-0.3, -0.25) is 4.31 Å². The summed E-state index contributed by atoms with van der Waals surface area (Å²) in [6.07, 6.45) is 0. The van der Waals surface area contributed by atoms with Gasteiger partial charge >= 0.3 is 0 Å². The average molecular weight is 343 g/mol. The van der Waals surface area contributed by atoms with E-state index in [0.717, 1.165) is 0 Å². The third-order valence-electron chi connectivity index (χ3n) is 4.08. The van der Waals surface area contributed by atoms with E-state index < -0.39 is 15.8 Å². The summed E-state index contributed by atoms with van der Waals surface area (Å²) in [6, 6.07) is 16.1. The summed E-state index contributed by atoms with van der Waals surface area (Å²) < 4.78 is 47.3. The second kappa shape index (κ2) is 5.49. The minimum Gasteiger partial charge on any atom is -0.489 e. The predicted octanol–water partition coefficient (Wildman–Crippen LogP) is 3.57. The van der Waals surface area contributed by atoms with Crippen molar-refractivity contribution in [2.24, 2.45) is 0 Å². The third-order valence-corrected chi connectivity index (χ3v) is 5.96. The van der Waals surface area contributed by atoms with E-state index in [1.165, 1.54) is 16.4 Å². The largest absolute Gasteiger partial charge is 0.489 e. The van der Waals surface area contributed by atoms with Crippen molar-refractivity contribution in [3.8, 4) is 5.75 Å². The standard InChI is InChI=1S/C18H14FNO3S/c19-15-9-10-18(14-6-2-1-5-13(14)15)24(21,22)20-11-12-23-17-8-4-3-7-16(17)20/h1-10H,11-12H2. The maximum Gasteiger partial charge on any atom is 0.265 e. The zero-order valence-corrected chi connectivity index (χ0v) is 13.5. The first-order chi connectivity index (χ1) is 11.6. The molecular formula is C18H14FNO3S. The smallest absolute Gasteiger partial charge is 0.265 e. The Kier molecular flexibility index (Phi) is 3.42. The molecule has 0 radical (unpaired) electrons. The first-order valence-electron chi connectivity index (χ1n) is 7.51. The van der Waals surface area contributed by atoms with E-state index in [-0.39, 0.29) is 18.0 Å². The Morgan fingerprint density at radius 1 is 0.917 bits per heavy atom. The molecule has 24 heavy (non-hydrogen) atoms. The van der Waals surface area contributed by atoms with Crippen molar-refractivity contribution in [3.05, 3.63) is 66.5 Å². The van der Waals surface area contributed by atoms with Crippen molar-refractivity contribution in [1.82, 2.24) is 0 Å². The van der Waals surface area contributed by atoms with Crippen LogP contribution in [0.2, 0.25) is 0 Å². The van der Waals surface area contributed by atoms with E-state index in [1.807, 2.05) is 0 Å². The lowest BCUT2D eigenvalue weighted by Crippen LogP contribution is -2.38. The molecule has 0 atom stereocenters. The highest BCUT2D eigenvalue weighted by Crippen LogP contribution is 2.36. The zero-order valence-electron chi connectivity index (χ0n) is 12.6. The van der Waals surface area contributed by atoms with Crippen molar-refractivity contribution in [2.45, 2.75) is 4.90 Å². The Hall–Kier alpha value is -2.60. The van der Waals surface area contributed by atoms with Crippen molar-refractivity contribution in [3.63, 3.8) is 0 Å². The molecule has 0 saturated carbocycles. The molecule has 0 amide bonds. The molecule has 0 fully saturated rings. The maximum absolute atomic E-state index is 14.0. The van der Waals surface area contributed by atoms with E-state index in [2.05, 4.69) is 0 Å². The Morgan fingerprint density at radius 3 is 2.46 bits per heavy atom. The number of ether oxygens (including phenoxy) is 1. The van der Waals surface area contributed by atoms with Crippen LogP contribution in [0.5, 0.6) is 5.75 Å². The lowest BCUT2D eigenvalue weighted by atomic mass is 10.1. The summed E-state index contributed by atoms with van der Waals surface area (Å²) >= 11 is 0. The molecular weight excluding hydrogens is 329 g/mol. The highest BCUT2D eigenvalue weighted by molar-refractivity contribution is 7.93. The number of sulfonamides is 1. The summed E-state index contributed by atoms with van der Waals surface area (Å²) in [6.45, 7) is 0.487. The van der Waals surface area contributed by atoms with E-state index >= 15 is 0 Å². The van der Waals surface area contributed by atoms with Crippen LogP contribution < -0.4 is 9.04 Å². The summed E-state index contributed by atoms with van der Waals surface area (Å²) in [5, 5.41) is 0.668. The zero-order chi connectivity index (χ0) is 16.7. The van der Waals surface area contributed by atoms with Gasteiger partial charge in [-0.15, -0.1) is 0 Å². The van der Waals surface area contributed by atoms with Crippen LogP contribution in [0.4, 0.5) is 10.1 Å². The SMILES string of the molecule is O=S(=O)(c1ccc(F)c2ccccc12)N1CCOc2ccccc21. The molecule has 0 aromatic heterocycles. The van der Waals surface area contributed by atoms with Gasteiger partial charge < -0.3 is 4.74 Å². The van der Waals surface area contributed by atoms with Gasteiger partial charge in [-0.05, 0) is 24.3 Å². The van der Waals surface area contributed by atoms with Crippen molar-refractivity contribution >= 4 is 26.5 Å². The van der Waals surface area contributed by atoms with Gasteiger partial charge in [-0.1, -0.05) is 36.4 Å². The summed E-state index contributed by atoms with van der Waals surface area (Å²) in [4.78, 5) is 0.0937. The molecule has 3 aromatic rings. The average Bonchev–Trinajstić information content (AvgIpc) is 2.61. The molecule has 1 aliphatic heterocycles. The van der Waals surface area contributed by atoms with Crippen LogP contribution >= 0.6 is 0 Å². The molecule has 6 heteroatoms. The molecule has 122 valence electrons. The number of nitrogens with zero attached hydrogens (tertiary/aromatic N) is 1. The molecule has 3 aromatic carbocycles. The van der Waals surface area contributed by atoms with Crippen molar-refractivity contribution < 1.29 is 17.5 Å². The Labute approximate surface area is 139 Å². The van der Waals surface area contributed by atoms with Crippen LogP contribution in [-0.2, 0) is 10.0 Å². The van der Waals surface area contributed by atoms with Gasteiger partial charge in [0.15, 0.2) is 0 Å². The van der Waals surface area contributed by atoms with Crippen LogP contribution in [0, 0.1) is 5.82 Å². The fraction of sp³-hybridized carbons (Fsp3) is 0.111. The first kappa shape index (κ1) is 15.0. The second-order valence-electron chi connectivity index (χ2n) is 5.48. The Balaban J connectivity index is 1.93. The molecule has 0 unspecified atom stereocenters.